The second-order valence-electron chi connectivity index (χ2n) is 5.74. The summed E-state index contributed by atoms with van der Waals surface area (Å²) in [6.45, 7) is 5.98. The molecule has 18 heavy (non-hydrogen) atoms. The fraction of sp³-hybridized carbons (Fsp3) is 0.786. The van der Waals surface area contributed by atoms with Gasteiger partial charge in [0.1, 0.15) is 0 Å². The van der Waals surface area contributed by atoms with Crippen LogP contribution < -0.4 is 5.32 Å². The Balaban J connectivity index is 1.48. The van der Waals surface area contributed by atoms with E-state index in [1.54, 1.807) is 0 Å². The third-order valence-electron chi connectivity index (χ3n) is 4.16. The number of rotatable bonds is 6. The van der Waals surface area contributed by atoms with Crippen molar-refractivity contribution in [3.8, 4) is 0 Å². The molecule has 0 radical (unpaired) electrons. The average molecular weight is 248 g/mol. The summed E-state index contributed by atoms with van der Waals surface area (Å²) in [5.74, 6) is 0.863. The molecule has 1 atom stereocenters. The molecule has 2 fully saturated rings. The monoisotopic (exact) mass is 248 g/mol. The van der Waals surface area contributed by atoms with Crippen molar-refractivity contribution in [2.75, 3.05) is 26.2 Å². The highest BCUT2D eigenvalue weighted by atomic mass is 15.2. The van der Waals surface area contributed by atoms with E-state index in [4.69, 9.17) is 0 Å². The molecule has 1 unspecified atom stereocenters. The van der Waals surface area contributed by atoms with Gasteiger partial charge in [-0.15, -0.1) is 0 Å². The zero-order chi connectivity index (χ0) is 12.2. The van der Waals surface area contributed by atoms with E-state index in [0.29, 0.717) is 0 Å². The van der Waals surface area contributed by atoms with Crippen LogP contribution in [0.15, 0.2) is 18.7 Å². The number of piperidine rings is 1. The van der Waals surface area contributed by atoms with Gasteiger partial charge in [-0.05, 0) is 44.7 Å². The van der Waals surface area contributed by atoms with Gasteiger partial charge >= 0.3 is 0 Å². The summed E-state index contributed by atoms with van der Waals surface area (Å²) >= 11 is 0. The second-order valence-corrected chi connectivity index (χ2v) is 5.74. The highest BCUT2D eigenvalue weighted by Gasteiger charge is 2.30. The zero-order valence-corrected chi connectivity index (χ0v) is 11.1. The van der Waals surface area contributed by atoms with Crippen molar-refractivity contribution in [2.45, 2.75) is 38.3 Å². The number of imidazole rings is 1. The molecule has 4 heteroatoms. The first kappa shape index (κ1) is 12.2. The molecule has 2 aliphatic rings. The minimum Gasteiger partial charge on any atom is -0.336 e. The molecule has 1 saturated heterocycles. The minimum absolute atomic E-state index is 0.863. The summed E-state index contributed by atoms with van der Waals surface area (Å²) in [6.07, 6.45) is 11.4. The van der Waals surface area contributed by atoms with Crippen LogP contribution in [0.2, 0.25) is 0 Å². The Morgan fingerprint density at radius 2 is 2.28 bits per heavy atom. The predicted octanol–water partition coefficient (Wildman–Crippen LogP) is 1.35. The van der Waals surface area contributed by atoms with Crippen LogP contribution >= 0.6 is 0 Å². The van der Waals surface area contributed by atoms with Crippen LogP contribution in [0.4, 0.5) is 0 Å². The molecule has 0 bridgehead atoms. The topological polar surface area (TPSA) is 33.1 Å². The number of aromatic nitrogens is 2. The predicted molar refractivity (Wildman–Crippen MR) is 72.4 cm³/mol. The van der Waals surface area contributed by atoms with E-state index in [9.17, 15) is 0 Å². The lowest BCUT2D eigenvalue weighted by Crippen LogP contribution is -2.40. The molecule has 1 saturated carbocycles. The van der Waals surface area contributed by atoms with Crippen LogP contribution in [-0.2, 0) is 6.54 Å². The van der Waals surface area contributed by atoms with Crippen molar-refractivity contribution >= 4 is 0 Å². The van der Waals surface area contributed by atoms with Crippen LogP contribution in [0.1, 0.15) is 25.7 Å². The van der Waals surface area contributed by atoms with Crippen molar-refractivity contribution in [1.29, 1.82) is 0 Å². The lowest BCUT2D eigenvalue weighted by Gasteiger charge is -2.30. The molecule has 1 aromatic rings. The molecule has 0 spiro atoms. The van der Waals surface area contributed by atoms with Gasteiger partial charge in [0.15, 0.2) is 0 Å². The molecule has 2 heterocycles. The SMILES string of the molecule is c1cn(CCN(CC2CCCNC2)C2CC2)cn1. The Morgan fingerprint density at radius 1 is 1.33 bits per heavy atom. The smallest absolute Gasteiger partial charge is 0.0946 e. The molecule has 0 amide bonds. The molecule has 100 valence electrons. The van der Waals surface area contributed by atoms with Gasteiger partial charge in [0.25, 0.3) is 0 Å². The van der Waals surface area contributed by atoms with Crippen molar-refractivity contribution in [1.82, 2.24) is 19.8 Å². The van der Waals surface area contributed by atoms with E-state index in [0.717, 1.165) is 18.5 Å². The van der Waals surface area contributed by atoms with Gasteiger partial charge in [0.2, 0.25) is 0 Å². The van der Waals surface area contributed by atoms with Gasteiger partial charge in [0.05, 0.1) is 6.33 Å². The molecule has 4 nitrogen and oxygen atoms in total. The zero-order valence-electron chi connectivity index (χ0n) is 11.1. The first-order chi connectivity index (χ1) is 8.92. The van der Waals surface area contributed by atoms with Gasteiger partial charge in [-0.2, -0.15) is 0 Å². The highest BCUT2D eigenvalue weighted by molar-refractivity contribution is 4.87. The standard InChI is InChI=1S/C14H24N4/c1-2-13(10-15-5-1)11-18(14-3-4-14)9-8-17-7-6-16-12-17/h6-7,12-15H,1-5,8-11H2. The molecule has 1 aliphatic carbocycles. The molecule has 1 aliphatic heterocycles. The van der Waals surface area contributed by atoms with Gasteiger partial charge < -0.3 is 9.88 Å². The van der Waals surface area contributed by atoms with Gasteiger partial charge in [-0.3, -0.25) is 4.90 Å². The molecule has 3 rings (SSSR count). The largest absolute Gasteiger partial charge is 0.336 e. The number of hydrogen-bond acceptors (Lipinski definition) is 3. The van der Waals surface area contributed by atoms with E-state index < -0.39 is 0 Å². The fourth-order valence-electron chi connectivity index (χ4n) is 2.94. The van der Waals surface area contributed by atoms with E-state index in [-0.39, 0.29) is 0 Å². The van der Waals surface area contributed by atoms with Crippen LogP contribution in [0.25, 0.3) is 0 Å². The summed E-state index contributed by atoms with van der Waals surface area (Å²) in [6, 6.07) is 0.871. The first-order valence-electron chi connectivity index (χ1n) is 7.32. The van der Waals surface area contributed by atoms with E-state index >= 15 is 0 Å². The van der Waals surface area contributed by atoms with Crippen LogP contribution in [0.5, 0.6) is 0 Å². The van der Waals surface area contributed by atoms with Crippen LogP contribution in [0, 0.1) is 5.92 Å². The van der Waals surface area contributed by atoms with Gasteiger partial charge in [-0.25, -0.2) is 4.98 Å². The maximum atomic E-state index is 4.11. The first-order valence-corrected chi connectivity index (χ1v) is 7.32. The van der Waals surface area contributed by atoms with Crippen LogP contribution in [0.3, 0.4) is 0 Å². The summed E-state index contributed by atoms with van der Waals surface area (Å²) < 4.78 is 2.19. The third-order valence-corrected chi connectivity index (χ3v) is 4.16. The van der Waals surface area contributed by atoms with Crippen molar-refractivity contribution < 1.29 is 0 Å². The number of nitrogens with one attached hydrogen (secondary N) is 1. The maximum Gasteiger partial charge on any atom is 0.0946 e. The van der Waals surface area contributed by atoms with E-state index in [1.165, 1.54) is 51.9 Å². The summed E-state index contributed by atoms with van der Waals surface area (Å²) in [7, 11) is 0. The van der Waals surface area contributed by atoms with E-state index in [1.807, 2.05) is 12.5 Å². The quantitative estimate of drug-likeness (QED) is 0.825. The summed E-state index contributed by atoms with van der Waals surface area (Å²) in [5, 5.41) is 3.53. The minimum atomic E-state index is 0.863. The molecule has 1 N–H and O–H groups in total. The molecular formula is C14H24N4. The van der Waals surface area contributed by atoms with Gasteiger partial charge in [-0.1, -0.05) is 0 Å². The lowest BCUT2D eigenvalue weighted by atomic mass is 9.99. The molecular weight excluding hydrogens is 224 g/mol. The highest BCUT2D eigenvalue weighted by Crippen LogP contribution is 2.28. The van der Waals surface area contributed by atoms with E-state index in [2.05, 4.69) is 26.0 Å². The van der Waals surface area contributed by atoms with Crippen molar-refractivity contribution in [2.24, 2.45) is 5.92 Å². The second kappa shape index (κ2) is 5.85. The molecule has 1 aromatic heterocycles. The summed E-state index contributed by atoms with van der Waals surface area (Å²) in [5.41, 5.74) is 0. The number of hydrogen-bond donors (Lipinski definition) is 1. The van der Waals surface area contributed by atoms with Crippen molar-refractivity contribution in [3.05, 3.63) is 18.7 Å². The number of nitrogens with zero attached hydrogens (tertiary/aromatic N) is 3. The van der Waals surface area contributed by atoms with Crippen LogP contribution in [-0.4, -0.2) is 46.7 Å². The fourth-order valence-corrected chi connectivity index (χ4v) is 2.94. The Labute approximate surface area is 109 Å². The Bertz CT molecular complexity index is 339. The normalized spacial score (nSPS) is 24.6. The average Bonchev–Trinajstić information content (AvgIpc) is 3.12. The van der Waals surface area contributed by atoms with Crippen molar-refractivity contribution in [3.63, 3.8) is 0 Å². The summed E-state index contributed by atoms with van der Waals surface area (Å²) in [4.78, 5) is 6.82. The third kappa shape index (κ3) is 3.33. The maximum absolute atomic E-state index is 4.11. The molecule has 0 aromatic carbocycles. The Hall–Kier alpha value is -0.870. The lowest BCUT2D eigenvalue weighted by molar-refractivity contribution is 0.194. The Kier molecular flexibility index (Phi) is 3.96. The van der Waals surface area contributed by atoms with Gasteiger partial charge in [0, 0.05) is 38.1 Å². The Morgan fingerprint density at radius 3 is 2.94 bits per heavy atom.